The molecule has 19 heavy (non-hydrogen) atoms. The monoisotopic (exact) mass is 299 g/mol. The van der Waals surface area contributed by atoms with E-state index in [-0.39, 0.29) is 5.97 Å². The predicted molar refractivity (Wildman–Crippen MR) is 78.7 cm³/mol. The predicted octanol–water partition coefficient (Wildman–Crippen LogP) is 3.25. The standard InChI is InChI=1S/C14H18ClNO2S/c1-2-18-14(17)9-19-13-6-3-10(7-12(13)15)8-16-11-4-5-11/h3,6-7,11,16H,2,4-5,8-9H2,1H3. The van der Waals surface area contributed by atoms with Crippen molar-refractivity contribution in [2.75, 3.05) is 12.4 Å². The lowest BCUT2D eigenvalue weighted by Crippen LogP contribution is -2.15. The molecular weight excluding hydrogens is 282 g/mol. The van der Waals surface area contributed by atoms with E-state index in [0.717, 1.165) is 11.4 Å². The number of nitrogens with one attached hydrogen (secondary N) is 1. The van der Waals surface area contributed by atoms with Gasteiger partial charge in [0.15, 0.2) is 0 Å². The number of esters is 1. The van der Waals surface area contributed by atoms with Crippen LogP contribution < -0.4 is 5.32 Å². The number of carbonyl (C=O) groups excluding carboxylic acids is 1. The Balaban J connectivity index is 1.84. The third-order valence-electron chi connectivity index (χ3n) is 2.82. The second-order valence-electron chi connectivity index (χ2n) is 4.51. The van der Waals surface area contributed by atoms with E-state index in [1.165, 1.54) is 30.2 Å². The Bertz CT molecular complexity index is 449. The molecule has 5 heteroatoms. The van der Waals surface area contributed by atoms with Gasteiger partial charge >= 0.3 is 5.97 Å². The van der Waals surface area contributed by atoms with Crippen molar-refractivity contribution in [3.63, 3.8) is 0 Å². The molecule has 0 spiro atoms. The van der Waals surface area contributed by atoms with Gasteiger partial charge in [-0.1, -0.05) is 17.7 Å². The number of carbonyl (C=O) groups is 1. The van der Waals surface area contributed by atoms with Crippen LogP contribution in [0.15, 0.2) is 23.1 Å². The molecular formula is C14H18ClNO2S. The van der Waals surface area contributed by atoms with Crippen LogP contribution >= 0.6 is 23.4 Å². The molecule has 2 rings (SSSR count). The molecule has 0 amide bonds. The molecule has 1 aromatic rings. The summed E-state index contributed by atoms with van der Waals surface area (Å²) in [5.41, 5.74) is 1.18. The molecule has 0 radical (unpaired) electrons. The van der Waals surface area contributed by atoms with Crippen molar-refractivity contribution in [1.29, 1.82) is 0 Å². The van der Waals surface area contributed by atoms with Crippen LogP contribution in [0.1, 0.15) is 25.3 Å². The summed E-state index contributed by atoms with van der Waals surface area (Å²) in [5.74, 6) is 0.0933. The van der Waals surface area contributed by atoms with Gasteiger partial charge in [-0.2, -0.15) is 0 Å². The second-order valence-corrected chi connectivity index (χ2v) is 5.94. The summed E-state index contributed by atoms with van der Waals surface area (Å²) < 4.78 is 4.89. The number of benzene rings is 1. The number of hydrogen-bond acceptors (Lipinski definition) is 4. The highest BCUT2D eigenvalue weighted by Crippen LogP contribution is 2.28. The number of halogens is 1. The van der Waals surface area contributed by atoms with E-state index in [0.29, 0.717) is 23.4 Å². The van der Waals surface area contributed by atoms with Crippen LogP contribution in [0.2, 0.25) is 5.02 Å². The zero-order valence-electron chi connectivity index (χ0n) is 10.9. The van der Waals surface area contributed by atoms with Crippen LogP contribution in [-0.2, 0) is 16.1 Å². The van der Waals surface area contributed by atoms with Crippen LogP contribution in [0, 0.1) is 0 Å². The fourth-order valence-electron chi connectivity index (χ4n) is 1.66. The largest absolute Gasteiger partial charge is 0.465 e. The molecule has 1 fully saturated rings. The van der Waals surface area contributed by atoms with E-state index in [1.807, 2.05) is 12.1 Å². The van der Waals surface area contributed by atoms with Gasteiger partial charge in [0.25, 0.3) is 0 Å². The molecule has 0 heterocycles. The van der Waals surface area contributed by atoms with Crippen LogP contribution in [-0.4, -0.2) is 24.4 Å². The summed E-state index contributed by atoms with van der Waals surface area (Å²) in [6, 6.07) is 6.67. The second kappa shape index (κ2) is 7.17. The number of thioether (sulfide) groups is 1. The Kier molecular flexibility index (Phi) is 5.55. The van der Waals surface area contributed by atoms with Crippen molar-refractivity contribution in [3.05, 3.63) is 28.8 Å². The summed E-state index contributed by atoms with van der Waals surface area (Å²) in [6.45, 7) is 3.07. The number of rotatable bonds is 7. The van der Waals surface area contributed by atoms with Crippen molar-refractivity contribution in [3.8, 4) is 0 Å². The molecule has 3 nitrogen and oxygen atoms in total. The van der Waals surface area contributed by atoms with Gasteiger partial charge in [0.1, 0.15) is 0 Å². The minimum atomic E-state index is -0.206. The smallest absolute Gasteiger partial charge is 0.316 e. The third-order valence-corrected chi connectivity index (χ3v) is 4.29. The lowest BCUT2D eigenvalue weighted by atomic mass is 10.2. The molecule has 1 aliphatic rings. The quantitative estimate of drug-likeness (QED) is 0.619. The molecule has 1 aromatic carbocycles. The number of hydrogen-bond donors (Lipinski definition) is 1. The summed E-state index contributed by atoms with van der Waals surface area (Å²) in [4.78, 5) is 12.2. The normalized spacial score (nSPS) is 14.4. The molecule has 0 aliphatic heterocycles. The zero-order chi connectivity index (χ0) is 13.7. The van der Waals surface area contributed by atoms with Gasteiger partial charge < -0.3 is 10.1 Å². The topological polar surface area (TPSA) is 38.3 Å². The Hall–Kier alpha value is -0.710. The van der Waals surface area contributed by atoms with Gasteiger partial charge in [0.05, 0.1) is 17.4 Å². The summed E-state index contributed by atoms with van der Waals surface area (Å²) in [7, 11) is 0. The summed E-state index contributed by atoms with van der Waals surface area (Å²) >= 11 is 7.63. The van der Waals surface area contributed by atoms with Crippen molar-refractivity contribution >= 4 is 29.3 Å². The third kappa shape index (κ3) is 5.05. The molecule has 1 N–H and O–H groups in total. The number of ether oxygens (including phenoxy) is 1. The van der Waals surface area contributed by atoms with Gasteiger partial charge in [-0.05, 0) is 37.5 Å². The minimum Gasteiger partial charge on any atom is -0.465 e. The van der Waals surface area contributed by atoms with Crippen molar-refractivity contribution in [2.45, 2.75) is 37.2 Å². The molecule has 0 atom stereocenters. The first-order valence-corrected chi connectivity index (χ1v) is 7.85. The fraction of sp³-hybridized carbons (Fsp3) is 0.500. The van der Waals surface area contributed by atoms with E-state index in [1.54, 1.807) is 6.92 Å². The Labute approximate surface area is 123 Å². The summed E-state index contributed by atoms with van der Waals surface area (Å²) in [5, 5.41) is 4.15. The molecule has 1 aliphatic carbocycles. The van der Waals surface area contributed by atoms with Crippen molar-refractivity contribution in [1.82, 2.24) is 5.32 Å². The van der Waals surface area contributed by atoms with Gasteiger partial charge in [0.2, 0.25) is 0 Å². The van der Waals surface area contributed by atoms with Gasteiger partial charge in [-0.15, -0.1) is 11.8 Å². The zero-order valence-corrected chi connectivity index (χ0v) is 12.5. The molecule has 1 saturated carbocycles. The Morgan fingerprint density at radius 2 is 2.32 bits per heavy atom. The maximum Gasteiger partial charge on any atom is 0.316 e. The molecule has 104 valence electrons. The van der Waals surface area contributed by atoms with E-state index < -0.39 is 0 Å². The maximum absolute atomic E-state index is 11.3. The van der Waals surface area contributed by atoms with Gasteiger partial charge in [-0.3, -0.25) is 4.79 Å². The minimum absolute atomic E-state index is 0.206. The highest BCUT2D eigenvalue weighted by atomic mass is 35.5. The molecule has 0 bridgehead atoms. The lowest BCUT2D eigenvalue weighted by molar-refractivity contribution is -0.139. The Morgan fingerprint density at radius 3 is 2.95 bits per heavy atom. The van der Waals surface area contributed by atoms with Crippen LogP contribution in [0.4, 0.5) is 0 Å². The first kappa shape index (κ1) is 14.7. The fourth-order valence-corrected chi connectivity index (χ4v) is 2.74. The summed E-state index contributed by atoms with van der Waals surface area (Å²) in [6.07, 6.45) is 2.56. The van der Waals surface area contributed by atoms with Crippen molar-refractivity contribution in [2.24, 2.45) is 0 Å². The first-order chi connectivity index (χ1) is 9.19. The van der Waals surface area contributed by atoms with Crippen LogP contribution in [0.25, 0.3) is 0 Å². The lowest BCUT2D eigenvalue weighted by Gasteiger charge is -2.07. The SMILES string of the molecule is CCOC(=O)CSc1ccc(CNC2CC2)cc1Cl. The molecule has 0 aromatic heterocycles. The van der Waals surface area contributed by atoms with E-state index in [9.17, 15) is 4.79 Å². The van der Waals surface area contributed by atoms with Crippen LogP contribution in [0.3, 0.4) is 0 Å². The van der Waals surface area contributed by atoms with Crippen molar-refractivity contribution < 1.29 is 9.53 Å². The average molecular weight is 300 g/mol. The average Bonchev–Trinajstić information content (AvgIpc) is 3.19. The van der Waals surface area contributed by atoms with E-state index in [4.69, 9.17) is 16.3 Å². The van der Waals surface area contributed by atoms with E-state index >= 15 is 0 Å². The highest BCUT2D eigenvalue weighted by molar-refractivity contribution is 8.00. The molecule has 0 saturated heterocycles. The Morgan fingerprint density at radius 1 is 1.53 bits per heavy atom. The molecule has 0 unspecified atom stereocenters. The van der Waals surface area contributed by atoms with E-state index in [2.05, 4.69) is 11.4 Å². The first-order valence-electron chi connectivity index (χ1n) is 6.49. The maximum atomic E-state index is 11.3. The van der Waals surface area contributed by atoms with Crippen LogP contribution in [0.5, 0.6) is 0 Å². The van der Waals surface area contributed by atoms with Gasteiger partial charge in [-0.25, -0.2) is 0 Å². The highest BCUT2D eigenvalue weighted by Gasteiger charge is 2.20. The van der Waals surface area contributed by atoms with Gasteiger partial charge in [0, 0.05) is 17.5 Å².